The van der Waals surface area contributed by atoms with Crippen LogP contribution < -0.4 is 5.73 Å². The van der Waals surface area contributed by atoms with Crippen LogP contribution in [0.25, 0.3) is 0 Å². The molecule has 3 nitrogen and oxygen atoms in total. The van der Waals surface area contributed by atoms with Crippen LogP contribution in [0.4, 0.5) is 8.78 Å². The van der Waals surface area contributed by atoms with Crippen molar-refractivity contribution < 1.29 is 8.78 Å². The summed E-state index contributed by atoms with van der Waals surface area (Å²) >= 11 is 0. The lowest BCUT2D eigenvalue weighted by Gasteiger charge is -2.46. The fraction of sp³-hybridized carbons (Fsp3) is 0.625. The summed E-state index contributed by atoms with van der Waals surface area (Å²) in [5.74, 6) is -0.979. The molecule has 0 amide bonds. The van der Waals surface area contributed by atoms with Gasteiger partial charge in [-0.1, -0.05) is 12.5 Å². The lowest BCUT2D eigenvalue weighted by molar-refractivity contribution is 0.0271. The highest BCUT2D eigenvalue weighted by Gasteiger charge is 2.33. The van der Waals surface area contributed by atoms with Crippen molar-refractivity contribution in [3.8, 4) is 0 Å². The number of hydrogen-bond acceptors (Lipinski definition) is 3. The minimum Gasteiger partial charge on any atom is -0.329 e. The van der Waals surface area contributed by atoms with E-state index in [0.717, 1.165) is 26.2 Å². The summed E-state index contributed by atoms with van der Waals surface area (Å²) in [7, 11) is 0. The van der Waals surface area contributed by atoms with Crippen molar-refractivity contribution in [3.63, 3.8) is 0 Å². The highest BCUT2D eigenvalue weighted by molar-refractivity contribution is 5.24. The second kappa shape index (κ2) is 6.38. The molecule has 1 aromatic carbocycles. The van der Waals surface area contributed by atoms with Gasteiger partial charge in [0.1, 0.15) is 11.6 Å². The average Bonchev–Trinajstić information content (AvgIpc) is 2.50. The quantitative estimate of drug-likeness (QED) is 0.927. The van der Waals surface area contributed by atoms with Gasteiger partial charge in [-0.25, -0.2) is 8.78 Å². The number of halogens is 2. The minimum atomic E-state index is -0.489. The second-order valence-corrected chi connectivity index (χ2v) is 6.07. The third-order valence-electron chi connectivity index (χ3n) is 4.87. The van der Waals surface area contributed by atoms with Gasteiger partial charge >= 0.3 is 0 Å². The molecule has 0 aliphatic carbocycles. The van der Waals surface area contributed by atoms with Crippen LogP contribution in [0.2, 0.25) is 0 Å². The molecule has 5 heteroatoms. The summed E-state index contributed by atoms with van der Waals surface area (Å²) in [4.78, 5) is 4.67. The number of rotatable bonds is 3. The molecule has 3 rings (SSSR count). The molecule has 0 aromatic heterocycles. The third-order valence-corrected chi connectivity index (χ3v) is 4.87. The maximum Gasteiger partial charge on any atom is 0.130 e. The smallest absolute Gasteiger partial charge is 0.130 e. The Hall–Kier alpha value is -1.04. The Morgan fingerprint density at radius 1 is 1.14 bits per heavy atom. The molecule has 2 N–H and O–H groups in total. The monoisotopic (exact) mass is 295 g/mol. The van der Waals surface area contributed by atoms with Crippen molar-refractivity contribution in [1.29, 1.82) is 0 Å². The van der Waals surface area contributed by atoms with Crippen LogP contribution >= 0.6 is 0 Å². The van der Waals surface area contributed by atoms with E-state index in [4.69, 9.17) is 5.73 Å². The number of benzene rings is 1. The first kappa shape index (κ1) is 14.9. The average molecular weight is 295 g/mol. The lowest BCUT2D eigenvalue weighted by atomic mass is 9.96. The molecule has 2 fully saturated rings. The highest BCUT2D eigenvalue weighted by atomic mass is 19.1. The van der Waals surface area contributed by atoms with Crippen molar-refractivity contribution in [2.75, 3.05) is 32.7 Å². The first-order valence-corrected chi connectivity index (χ1v) is 7.82. The molecule has 2 saturated heterocycles. The van der Waals surface area contributed by atoms with Crippen LogP contribution in [0.3, 0.4) is 0 Å². The van der Waals surface area contributed by atoms with Crippen LogP contribution in [-0.2, 0) is 0 Å². The third kappa shape index (κ3) is 2.96. The fourth-order valence-corrected chi connectivity index (χ4v) is 3.74. The molecule has 2 heterocycles. The summed E-state index contributed by atoms with van der Waals surface area (Å²) in [5, 5.41) is 0. The summed E-state index contributed by atoms with van der Waals surface area (Å²) in [6.07, 6.45) is 3.68. The molecule has 21 heavy (non-hydrogen) atoms. The van der Waals surface area contributed by atoms with E-state index in [-0.39, 0.29) is 18.2 Å². The SMILES string of the molecule is NCC(c1c(F)cccc1F)N1CCN2CCCCC2C1. The Morgan fingerprint density at radius 3 is 2.62 bits per heavy atom. The van der Waals surface area contributed by atoms with Gasteiger partial charge in [-0.15, -0.1) is 0 Å². The van der Waals surface area contributed by atoms with Crippen LogP contribution in [0.5, 0.6) is 0 Å². The van der Waals surface area contributed by atoms with E-state index < -0.39 is 11.6 Å². The number of nitrogens with two attached hydrogens (primary N) is 1. The van der Waals surface area contributed by atoms with Crippen molar-refractivity contribution in [1.82, 2.24) is 9.80 Å². The highest BCUT2D eigenvalue weighted by Crippen LogP contribution is 2.29. The molecule has 1 aromatic rings. The summed E-state index contributed by atoms with van der Waals surface area (Å²) in [5.41, 5.74) is 5.98. The van der Waals surface area contributed by atoms with Gasteiger partial charge in [-0.3, -0.25) is 9.80 Å². The topological polar surface area (TPSA) is 32.5 Å². The van der Waals surface area contributed by atoms with Gasteiger partial charge in [0.2, 0.25) is 0 Å². The van der Waals surface area contributed by atoms with Gasteiger partial charge < -0.3 is 5.73 Å². The van der Waals surface area contributed by atoms with Gasteiger partial charge in [-0.05, 0) is 31.5 Å². The zero-order chi connectivity index (χ0) is 14.8. The van der Waals surface area contributed by atoms with Gasteiger partial charge in [0.25, 0.3) is 0 Å². The Kier molecular flexibility index (Phi) is 4.52. The molecule has 2 aliphatic rings. The van der Waals surface area contributed by atoms with Gasteiger partial charge in [0.05, 0.1) is 6.04 Å². The zero-order valence-electron chi connectivity index (χ0n) is 12.3. The maximum atomic E-state index is 14.0. The fourth-order valence-electron chi connectivity index (χ4n) is 3.74. The van der Waals surface area contributed by atoms with Crippen molar-refractivity contribution in [2.45, 2.75) is 31.3 Å². The van der Waals surface area contributed by atoms with Crippen molar-refractivity contribution in [2.24, 2.45) is 5.73 Å². The van der Waals surface area contributed by atoms with E-state index in [1.165, 1.54) is 37.5 Å². The Balaban J connectivity index is 1.80. The van der Waals surface area contributed by atoms with E-state index in [2.05, 4.69) is 9.80 Å². The largest absolute Gasteiger partial charge is 0.329 e. The lowest BCUT2D eigenvalue weighted by Crippen LogP contribution is -2.56. The second-order valence-electron chi connectivity index (χ2n) is 6.07. The standard InChI is InChI=1S/C16H23F2N3/c17-13-5-3-6-14(18)16(13)15(10-19)21-9-8-20-7-2-1-4-12(20)11-21/h3,5-6,12,15H,1-2,4,7-11,19H2. The van der Waals surface area contributed by atoms with Gasteiger partial charge in [0.15, 0.2) is 0 Å². The van der Waals surface area contributed by atoms with E-state index in [0.29, 0.717) is 6.04 Å². The predicted molar refractivity (Wildman–Crippen MR) is 78.9 cm³/mol. The number of piperidine rings is 1. The number of fused-ring (bicyclic) bond motifs is 1. The summed E-state index contributed by atoms with van der Waals surface area (Å²) in [6.45, 7) is 4.05. The molecule has 0 spiro atoms. The number of hydrogen-bond donors (Lipinski definition) is 1. The molecular weight excluding hydrogens is 272 g/mol. The zero-order valence-corrected chi connectivity index (χ0v) is 12.3. The molecule has 0 saturated carbocycles. The summed E-state index contributed by atoms with van der Waals surface area (Å²) < 4.78 is 28.1. The van der Waals surface area contributed by atoms with E-state index in [1.807, 2.05) is 0 Å². The van der Waals surface area contributed by atoms with Crippen molar-refractivity contribution >= 4 is 0 Å². The maximum absolute atomic E-state index is 14.0. The Labute approximate surface area is 124 Å². The molecule has 0 bridgehead atoms. The van der Waals surface area contributed by atoms with Crippen LogP contribution in [-0.4, -0.2) is 48.6 Å². The first-order chi connectivity index (χ1) is 10.2. The Morgan fingerprint density at radius 2 is 1.90 bits per heavy atom. The Bertz CT molecular complexity index is 474. The van der Waals surface area contributed by atoms with Crippen LogP contribution in [0.1, 0.15) is 30.9 Å². The van der Waals surface area contributed by atoms with Gasteiger partial charge in [0, 0.05) is 37.8 Å². The van der Waals surface area contributed by atoms with Crippen LogP contribution in [0, 0.1) is 11.6 Å². The first-order valence-electron chi connectivity index (χ1n) is 7.82. The van der Waals surface area contributed by atoms with E-state index in [9.17, 15) is 8.78 Å². The van der Waals surface area contributed by atoms with Gasteiger partial charge in [-0.2, -0.15) is 0 Å². The molecular formula is C16H23F2N3. The molecule has 2 atom stereocenters. The predicted octanol–water partition coefficient (Wildman–Crippen LogP) is 2.13. The molecule has 0 radical (unpaired) electrons. The molecule has 116 valence electrons. The number of piperazine rings is 1. The van der Waals surface area contributed by atoms with Crippen molar-refractivity contribution in [3.05, 3.63) is 35.4 Å². The number of nitrogens with zero attached hydrogens (tertiary/aromatic N) is 2. The van der Waals surface area contributed by atoms with Crippen LogP contribution in [0.15, 0.2) is 18.2 Å². The van der Waals surface area contributed by atoms with E-state index >= 15 is 0 Å². The molecule has 2 unspecified atom stereocenters. The minimum absolute atomic E-state index is 0.129. The molecule has 2 aliphatic heterocycles. The summed E-state index contributed by atoms with van der Waals surface area (Å²) in [6, 6.07) is 4.18. The van der Waals surface area contributed by atoms with E-state index in [1.54, 1.807) is 0 Å². The normalized spacial score (nSPS) is 25.6.